The summed E-state index contributed by atoms with van der Waals surface area (Å²) in [6.45, 7) is 8.69. The quantitative estimate of drug-likeness (QED) is 0.736. The van der Waals surface area contributed by atoms with Crippen molar-refractivity contribution in [2.45, 2.75) is 32.2 Å². The van der Waals surface area contributed by atoms with Crippen molar-refractivity contribution in [3.8, 4) is 0 Å². The molecule has 0 aromatic heterocycles. The fourth-order valence-electron chi connectivity index (χ4n) is 2.72. The molecule has 0 radical (unpaired) electrons. The third-order valence-electron chi connectivity index (χ3n) is 4.67. The molecule has 0 aliphatic carbocycles. The zero-order chi connectivity index (χ0) is 17.7. The van der Waals surface area contributed by atoms with Crippen LogP contribution in [0.2, 0.25) is 0 Å². The van der Waals surface area contributed by atoms with Gasteiger partial charge in [0.25, 0.3) is 0 Å². The molecule has 6 nitrogen and oxygen atoms in total. The van der Waals surface area contributed by atoms with Gasteiger partial charge in [-0.2, -0.15) is 4.31 Å². The first-order valence-electron chi connectivity index (χ1n) is 8.47. The minimum absolute atomic E-state index is 0.00596. The van der Waals surface area contributed by atoms with Gasteiger partial charge in [-0.15, -0.1) is 0 Å². The Balaban J connectivity index is 1.95. The molecular formula is C17H27N3O3S. The van der Waals surface area contributed by atoms with Gasteiger partial charge in [0.2, 0.25) is 15.9 Å². The lowest BCUT2D eigenvalue weighted by atomic mass is 9.88. The van der Waals surface area contributed by atoms with Crippen molar-refractivity contribution < 1.29 is 13.2 Å². The van der Waals surface area contributed by atoms with Gasteiger partial charge >= 0.3 is 0 Å². The normalized spacial score (nSPS) is 16.7. The van der Waals surface area contributed by atoms with E-state index in [1.165, 1.54) is 4.31 Å². The highest BCUT2D eigenvalue weighted by Gasteiger charge is 2.28. The zero-order valence-corrected chi connectivity index (χ0v) is 15.4. The second-order valence-electron chi connectivity index (χ2n) is 6.16. The van der Waals surface area contributed by atoms with Crippen LogP contribution in [0.4, 0.5) is 0 Å². The molecule has 1 amide bonds. The minimum atomic E-state index is -3.43. The van der Waals surface area contributed by atoms with E-state index in [1.807, 2.05) is 20.8 Å². The molecule has 0 saturated carbocycles. The van der Waals surface area contributed by atoms with Crippen LogP contribution in [-0.4, -0.2) is 44.8 Å². The van der Waals surface area contributed by atoms with E-state index in [0.717, 1.165) is 18.7 Å². The standard InChI is InChI=1S/C17H27N3O3S/c1-4-20(5-2)24(22,23)16-8-6-14(7-9-16)10-19-17(21)13(3)15-11-18-12-15/h6-9,13,15,18H,4-5,10-12H2,1-3H3,(H,19,21). The molecule has 24 heavy (non-hydrogen) atoms. The van der Waals surface area contributed by atoms with E-state index in [4.69, 9.17) is 0 Å². The number of carbonyl (C=O) groups is 1. The van der Waals surface area contributed by atoms with Crippen molar-refractivity contribution in [2.24, 2.45) is 11.8 Å². The number of hydrogen-bond acceptors (Lipinski definition) is 4. The van der Waals surface area contributed by atoms with E-state index in [0.29, 0.717) is 25.6 Å². The monoisotopic (exact) mass is 353 g/mol. The Morgan fingerprint density at radius 3 is 2.29 bits per heavy atom. The topological polar surface area (TPSA) is 78.5 Å². The summed E-state index contributed by atoms with van der Waals surface area (Å²) in [5.74, 6) is 0.446. The average molecular weight is 353 g/mol. The first kappa shape index (κ1) is 18.9. The molecule has 1 fully saturated rings. The number of nitrogens with one attached hydrogen (secondary N) is 2. The van der Waals surface area contributed by atoms with Crippen LogP contribution in [0.3, 0.4) is 0 Å². The Morgan fingerprint density at radius 1 is 1.25 bits per heavy atom. The average Bonchev–Trinajstić information content (AvgIpc) is 2.52. The van der Waals surface area contributed by atoms with Crippen LogP contribution in [0.15, 0.2) is 29.2 Å². The number of carbonyl (C=O) groups excluding carboxylic acids is 1. The summed E-state index contributed by atoms with van der Waals surface area (Å²) >= 11 is 0. The molecule has 7 heteroatoms. The number of hydrogen-bond donors (Lipinski definition) is 2. The van der Waals surface area contributed by atoms with Crippen molar-refractivity contribution in [3.63, 3.8) is 0 Å². The molecule has 1 heterocycles. The first-order chi connectivity index (χ1) is 11.4. The molecule has 1 aromatic rings. The van der Waals surface area contributed by atoms with Crippen molar-refractivity contribution in [2.75, 3.05) is 26.2 Å². The van der Waals surface area contributed by atoms with E-state index in [-0.39, 0.29) is 16.7 Å². The van der Waals surface area contributed by atoms with Crippen LogP contribution in [0.1, 0.15) is 26.3 Å². The van der Waals surface area contributed by atoms with Gasteiger partial charge in [-0.25, -0.2) is 8.42 Å². The fourth-order valence-corrected chi connectivity index (χ4v) is 4.18. The van der Waals surface area contributed by atoms with Crippen molar-refractivity contribution in [3.05, 3.63) is 29.8 Å². The second kappa shape index (κ2) is 8.09. The lowest BCUT2D eigenvalue weighted by Gasteiger charge is -2.31. The van der Waals surface area contributed by atoms with E-state index < -0.39 is 10.0 Å². The molecule has 1 atom stereocenters. The Labute approximate surface area is 144 Å². The number of amides is 1. The molecule has 1 aliphatic heterocycles. The summed E-state index contributed by atoms with van der Waals surface area (Å²) in [7, 11) is -3.43. The van der Waals surface area contributed by atoms with Gasteiger partial charge in [0, 0.05) is 25.6 Å². The Kier molecular flexibility index (Phi) is 6.37. The highest BCUT2D eigenvalue weighted by atomic mass is 32.2. The molecule has 0 bridgehead atoms. The molecule has 2 N–H and O–H groups in total. The molecule has 2 rings (SSSR count). The molecule has 1 unspecified atom stereocenters. The van der Waals surface area contributed by atoms with Crippen molar-refractivity contribution >= 4 is 15.9 Å². The summed E-state index contributed by atoms with van der Waals surface area (Å²) in [4.78, 5) is 12.4. The molecule has 134 valence electrons. The van der Waals surface area contributed by atoms with Gasteiger partial charge in [-0.05, 0) is 36.7 Å². The van der Waals surface area contributed by atoms with Crippen LogP contribution < -0.4 is 10.6 Å². The highest BCUT2D eigenvalue weighted by Crippen LogP contribution is 2.17. The second-order valence-corrected chi connectivity index (χ2v) is 8.10. The molecule has 1 saturated heterocycles. The van der Waals surface area contributed by atoms with E-state index >= 15 is 0 Å². The number of benzene rings is 1. The lowest BCUT2D eigenvalue weighted by molar-refractivity contribution is -0.126. The summed E-state index contributed by atoms with van der Waals surface area (Å²) in [5, 5.41) is 6.09. The maximum atomic E-state index is 12.4. The molecule has 1 aromatic carbocycles. The van der Waals surface area contributed by atoms with Gasteiger partial charge in [0.1, 0.15) is 0 Å². The molecular weight excluding hydrogens is 326 g/mol. The maximum Gasteiger partial charge on any atom is 0.243 e. The Bertz CT molecular complexity index is 650. The minimum Gasteiger partial charge on any atom is -0.352 e. The SMILES string of the molecule is CCN(CC)S(=O)(=O)c1ccc(CNC(=O)C(C)C2CNC2)cc1. The van der Waals surface area contributed by atoms with Crippen LogP contribution >= 0.6 is 0 Å². The summed E-state index contributed by atoms with van der Waals surface area (Å²) in [6, 6.07) is 6.72. The van der Waals surface area contributed by atoms with E-state index in [1.54, 1.807) is 24.3 Å². The van der Waals surface area contributed by atoms with E-state index in [9.17, 15) is 13.2 Å². The Hall–Kier alpha value is -1.44. The number of rotatable bonds is 8. The maximum absolute atomic E-state index is 12.4. The van der Waals surface area contributed by atoms with Crippen molar-refractivity contribution in [1.82, 2.24) is 14.9 Å². The van der Waals surface area contributed by atoms with Crippen molar-refractivity contribution in [1.29, 1.82) is 0 Å². The summed E-state index contributed by atoms with van der Waals surface area (Å²) < 4.78 is 26.3. The predicted octanol–water partition coefficient (Wildman–Crippen LogP) is 1.19. The van der Waals surface area contributed by atoms with Crippen LogP contribution in [0.25, 0.3) is 0 Å². The van der Waals surface area contributed by atoms with Gasteiger partial charge in [0.15, 0.2) is 0 Å². The predicted molar refractivity (Wildman–Crippen MR) is 93.9 cm³/mol. The van der Waals surface area contributed by atoms with Gasteiger partial charge in [0.05, 0.1) is 4.90 Å². The smallest absolute Gasteiger partial charge is 0.243 e. The summed E-state index contributed by atoms with van der Waals surface area (Å²) in [6.07, 6.45) is 0. The first-order valence-corrected chi connectivity index (χ1v) is 9.91. The fraction of sp³-hybridized carbons (Fsp3) is 0.588. The molecule has 0 spiro atoms. The Morgan fingerprint density at radius 2 is 1.83 bits per heavy atom. The van der Waals surface area contributed by atoms with Gasteiger partial charge < -0.3 is 10.6 Å². The van der Waals surface area contributed by atoms with Crippen LogP contribution in [0.5, 0.6) is 0 Å². The van der Waals surface area contributed by atoms with Crippen LogP contribution in [0, 0.1) is 11.8 Å². The third kappa shape index (κ3) is 4.15. The largest absolute Gasteiger partial charge is 0.352 e. The van der Waals surface area contributed by atoms with Crippen LogP contribution in [-0.2, 0) is 21.4 Å². The number of sulfonamides is 1. The summed E-state index contributed by atoms with van der Waals surface area (Å²) in [5.41, 5.74) is 0.890. The lowest BCUT2D eigenvalue weighted by Crippen LogP contribution is -2.49. The van der Waals surface area contributed by atoms with Gasteiger partial charge in [-0.1, -0.05) is 32.9 Å². The third-order valence-corrected chi connectivity index (χ3v) is 6.73. The highest BCUT2D eigenvalue weighted by molar-refractivity contribution is 7.89. The van der Waals surface area contributed by atoms with E-state index in [2.05, 4.69) is 10.6 Å². The zero-order valence-electron chi connectivity index (χ0n) is 14.6. The molecule has 1 aliphatic rings. The number of nitrogens with zero attached hydrogens (tertiary/aromatic N) is 1. The van der Waals surface area contributed by atoms with Gasteiger partial charge in [-0.3, -0.25) is 4.79 Å².